The van der Waals surface area contributed by atoms with Crippen molar-refractivity contribution in [2.24, 2.45) is 0 Å². The topological polar surface area (TPSA) is 110 Å². The van der Waals surface area contributed by atoms with Crippen LogP contribution in [-0.2, 0) is 13.0 Å². The molecule has 6 aromatic rings. The van der Waals surface area contributed by atoms with Crippen molar-refractivity contribution in [1.82, 2.24) is 44.0 Å². The van der Waals surface area contributed by atoms with Crippen LogP contribution in [-0.4, -0.2) is 62.9 Å². The number of aromatic amines is 1. The number of pyridine rings is 1. The molecule has 0 radical (unpaired) electrons. The Morgan fingerprint density at radius 3 is 2.58 bits per heavy atom. The number of nitrogens with zero attached hydrogens (tertiary/aromatic N) is 8. The first-order chi connectivity index (χ1) is 21.0. The van der Waals surface area contributed by atoms with Crippen LogP contribution >= 0.6 is 0 Å². The van der Waals surface area contributed by atoms with Gasteiger partial charge in [-0.2, -0.15) is 9.49 Å². The molecule has 216 valence electrons. The summed E-state index contributed by atoms with van der Waals surface area (Å²) in [5.74, 6) is -0.334. The Balaban J connectivity index is 1.20. The fraction of sp³-hybridized carbons (Fsp3) is 0.226. The fourth-order valence-corrected chi connectivity index (χ4v) is 5.65. The van der Waals surface area contributed by atoms with E-state index in [2.05, 4.69) is 29.4 Å². The summed E-state index contributed by atoms with van der Waals surface area (Å²) in [5.41, 5.74) is 4.33. The number of aromatic nitrogens is 8. The standard InChI is InChI=1S/C31H27F2N9O/c32-22-3-1-20(2-4-22)30-31(41(19-37-30)24-8-13-40(14-9-24)18-28-35-11-12-36-28)25-5-6-29-38-23(17-42(29)39-25)16-26(43)21-7-10-34-27(33)15-21/h1-7,10-12,15,17,19,24H,8-9,13-14,16,18H2,(H,35,36). The van der Waals surface area contributed by atoms with Crippen LogP contribution in [0.5, 0.6) is 0 Å². The Morgan fingerprint density at radius 1 is 0.977 bits per heavy atom. The lowest BCUT2D eigenvalue weighted by atomic mass is 10.0. The van der Waals surface area contributed by atoms with Crippen LogP contribution in [0.25, 0.3) is 28.3 Å². The summed E-state index contributed by atoms with van der Waals surface area (Å²) in [7, 11) is 0. The molecule has 6 heterocycles. The number of likely N-dealkylation sites (tertiary alicyclic amines) is 1. The zero-order chi connectivity index (χ0) is 29.3. The minimum absolute atomic E-state index is 0.00249. The highest BCUT2D eigenvalue weighted by molar-refractivity contribution is 5.97. The number of Topliss-reactive ketones (excluding diaryl/α,β-unsaturated/α-hetero) is 1. The summed E-state index contributed by atoms with van der Waals surface area (Å²) >= 11 is 0. The minimum atomic E-state index is -0.705. The average Bonchev–Trinajstić information content (AvgIpc) is 3.78. The van der Waals surface area contributed by atoms with Gasteiger partial charge in [0.05, 0.1) is 42.6 Å². The van der Waals surface area contributed by atoms with E-state index in [0.29, 0.717) is 22.7 Å². The predicted octanol–water partition coefficient (Wildman–Crippen LogP) is 4.92. The van der Waals surface area contributed by atoms with Crippen LogP contribution in [0.3, 0.4) is 0 Å². The molecule has 7 rings (SSSR count). The summed E-state index contributed by atoms with van der Waals surface area (Å²) < 4.78 is 31.1. The number of imidazole rings is 3. The van der Waals surface area contributed by atoms with Gasteiger partial charge < -0.3 is 9.55 Å². The molecule has 1 aromatic carbocycles. The van der Waals surface area contributed by atoms with Crippen LogP contribution in [0.4, 0.5) is 8.78 Å². The number of halogens is 2. The van der Waals surface area contributed by atoms with E-state index >= 15 is 0 Å². The zero-order valence-corrected chi connectivity index (χ0v) is 23.1. The molecule has 5 aromatic heterocycles. The summed E-state index contributed by atoms with van der Waals surface area (Å²) in [6.45, 7) is 2.58. The van der Waals surface area contributed by atoms with Gasteiger partial charge >= 0.3 is 0 Å². The molecule has 0 bridgehead atoms. The number of hydrogen-bond donors (Lipinski definition) is 1. The van der Waals surface area contributed by atoms with Crippen molar-refractivity contribution in [1.29, 1.82) is 0 Å². The second kappa shape index (κ2) is 11.3. The molecule has 0 aliphatic carbocycles. The lowest BCUT2D eigenvalue weighted by Crippen LogP contribution is -2.34. The normalized spacial score (nSPS) is 14.5. The van der Waals surface area contributed by atoms with Gasteiger partial charge in [-0.1, -0.05) is 0 Å². The Bertz CT molecular complexity index is 1890. The number of piperidine rings is 1. The van der Waals surface area contributed by atoms with Crippen molar-refractivity contribution < 1.29 is 13.6 Å². The largest absolute Gasteiger partial charge is 0.348 e. The number of benzene rings is 1. The van der Waals surface area contributed by atoms with Crippen LogP contribution in [0.15, 0.2) is 79.6 Å². The van der Waals surface area contributed by atoms with Gasteiger partial charge in [-0.3, -0.25) is 9.69 Å². The van der Waals surface area contributed by atoms with E-state index in [1.807, 2.05) is 24.7 Å². The van der Waals surface area contributed by atoms with Gasteiger partial charge in [-0.05, 0) is 55.3 Å². The Hall–Kier alpha value is -5.10. The van der Waals surface area contributed by atoms with E-state index in [1.54, 1.807) is 29.0 Å². The molecule has 0 unspecified atom stereocenters. The Morgan fingerprint density at radius 2 is 1.81 bits per heavy atom. The second-order valence-corrected chi connectivity index (χ2v) is 10.6. The Labute approximate surface area is 245 Å². The molecule has 1 aliphatic heterocycles. The SMILES string of the molecule is O=C(Cc1cn2nc(-c3c(-c4ccc(F)cc4)ncn3C3CCN(Cc4ncc[nH]4)CC3)ccc2n1)c1ccnc(F)c1. The summed E-state index contributed by atoms with van der Waals surface area (Å²) in [4.78, 5) is 35.5. The van der Waals surface area contributed by atoms with Gasteiger partial charge in [-0.25, -0.2) is 28.8 Å². The lowest BCUT2D eigenvalue weighted by molar-refractivity contribution is 0.0991. The predicted molar refractivity (Wildman–Crippen MR) is 154 cm³/mol. The highest BCUT2D eigenvalue weighted by Crippen LogP contribution is 2.35. The molecule has 0 spiro atoms. The van der Waals surface area contributed by atoms with Crippen LogP contribution in [0.2, 0.25) is 0 Å². The van der Waals surface area contributed by atoms with E-state index in [-0.39, 0.29) is 29.6 Å². The van der Waals surface area contributed by atoms with Crippen LogP contribution in [0, 0.1) is 11.8 Å². The quantitative estimate of drug-likeness (QED) is 0.201. The maximum absolute atomic E-state index is 13.8. The molecule has 1 N–H and O–H groups in total. The van der Waals surface area contributed by atoms with Gasteiger partial charge in [-0.15, -0.1) is 0 Å². The minimum Gasteiger partial charge on any atom is -0.348 e. The first-order valence-electron chi connectivity index (χ1n) is 14.0. The molecule has 1 saturated heterocycles. The summed E-state index contributed by atoms with van der Waals surface area (Å²) in [6, 6.07) is 12.8. The number of rotatable bonds is 8. The van der Waals surface area contributed by atoms with Gasteiger partial charge in [0.1, 0.15) is 17.3 Å². The smallest absolute Gasteiger partial charge is 0.213 e. The van der Waals surface area contributed by atoms with Crippen molar-refractivity contribution in [3.8, 4) is 22.6 Å². The molecule has 12 heteroatoms. The highest BCUT2D eigenvalue weighted by atomic mass is 19.1. The molecule has 10 nitrogen and oxygen atoms in total. The van der Waals surface area contributed by atoms with E-state index in [1.165, 1.54) is 24.4 Å². The van der Waals surface area contributed by atoms with Gasteiger partial charge in [0.25, 0.3) is 0 Å². The highest BCUT2D eigenvalue weighted by Gasteiger charge is 2.26. The fourth-order valence-electron chi connectivity index (χ4n) is 5.65. The van der Waals surface area contributed by atoms with Gasteiger partial charge in [0, 0.05) is 54.9 Å². The monoisotopic (exact) mass is 579 g/mol. The molecule has 1 fully saturated rings. The second-order valence-electron chi connectivity index (χ2n) is 10.6. The van der Waals surface area contributed by atoms with Crippen LogP contribution < -0.4 is 0 Å². The van der Waals surface area contributed by atoms with Crippen molar-refractivity contribution in [2.45, 2.75) is 31.8 Å². The molecular weight excluding hydrogens is 552 g/mol. The number of carbonyl (C=O) groups excluding carboxylic acids is 1. The third kappa shape index (κ3) is 5.56. The third-order valence-electron chi connectivity index (χ3n) is 7.79. The zero-order valence-electron chi connectivity index (χ0n) is 23.1. The maximum atomic E-state index is 13.8. The number of nitrogens with one attached hydrogen (secondary N) is 1. The van der Waals surface area contributed by atoms with Crippen molar-refractivity contribution in [2.75, 3.05) is 13.1 Å². The third-order valence-corrected chi connectivity index (χ3v) is 7.79. The molecule has 1 aliphatic rings. The molecule has 0 saturated carbocycles. The Kier molecular flexibility index (Phi) is 7.03. The summed E-state index contributed by atoms with van der Waals surface area (Å²) in [6.07, 6.45) is 10.3. The molecule has 0 atom stereocenters. The molecule has 0 amide bonds. The van der Waals surface area contributed by atoms with Crippen molar-refractivity contribution >= 4 is 11.4 Å². The molecule has 43 heavy (non-hydrogen) atoms. The van der Waals surface area contributed by atoms with E-state index in [4.69, 9.17) is 10.1 Å². The maximum Gasteiger partial charge on any atom is 0.213 e. The number of H-pyrrole nitrogens is 1. The average molecular weight is 580 g/mol. The van der Waals surface area contributed by atoms with Gasteiger partial charge in [0.15, 0.2) is 11.4 Å². The van der Waals surface area contributed by atoms with Crippen LogP contribution in [0.1, 0.15) is 40.8 Å². The first kappa shape index (κ1) is 26.8. The first-order valence-corrected chi connectivity index (χ1v) is 14.0. The van der Waals surface area contributed by atoms with Crippen molar-refractivity contribution in [3.05, 3.63) is 108 Å². The number of carbonyl (C=O) groups is 1. The van der Waals surface area contributed by atoms with E-state index in [9.17, 15) is 13.6 Å². The van der Waals surface area contributed by atoms with Gasteiger partial charge in [0.2, 0.25) is 5.95 Å². The van der Waals surface area contributed by atoms with E-state index < -0.39 is 5.95 Å². The number of fused-ring (bicyclic) bond motifs is 1. The number of ketones is 1. The van der Waals surface area contributed by atoms with E-state index in [0.717, 1.165) is 55.6 Å². The lowest BCUT2D eigenvalue weighted by Gasteiger charge is -2.32. The molecular formula is C31H27F2N9O. The summed E-state index contributed by atoms with van der Waals surface area (Å²) in [5, 5.41) is 4.87. The number of hydrogen-bond acceptors (Lipinski definition) is 7. The van der Waals surface area contributed by atoms with Crippen molar-refractivity contribution in [3.63, 3.8) is 0 Å².